The van der Waals surface area contributed by atoms with Crippen molar-refractivity contribution in [2.75, 3.05) is 13.1 Å². The van der Waals surface area contributed by atoms with Gasteiger partial charge in [0.15, 0.2) is 0 Å². The molecular formula is C11H22N2O. The maximum absolute atomic E-state index is 11.9. The molecule has 1 fully saturated rings. The minimum absolute atomic E-state index is 0.0250. The van der Waals surface area contributed by atoms with Crippen molar-refractivity contribution >= 4 is 5.91 Å². The lowest BCUT2D eigenvalue weighted by molar-refractivity contribution is -0.132. The van der Waals surface area contributed by atoms with E-state index in [0.29, 0.717) is 6.04 Å². The molecule has 1 N–H and O–H groups in total. The van der Waals surface area contributed by atoms with Gasteiger partial charge in [0.05, 0.1) is 6.04 Å². The largest absolute Gasteiger partial charge is 0.341 e. The number of nitrogens with one attached hydrogen (secondary N) is 1. The molecule has 0 aromatic rings. The van der Waals surface area contributed by atoms with E-state index >= 15 is 0 Å². The molecule has 1 heterocycles. The van der Waals surface area contributed by atoms with Crippen molar-refractivity contribution in [3.8, 4) is 0 Å². The van der Waals surface area contributed by atoms with Crippen LogP contribution in [0, 0.1) is 0 Å². The summed E-state index contributed by atoms with van der Waals surface area (Å²) in [5, 5.41) is 3.31. The standard InChI is InChI=1S/C11H22N2O/c1-4-9(2)12-10(3)11(14)13-7-5-6-8-13/h9-10,12H,4-8H2,1-3H3. The summed E-state index contributed by atoms with van der Waals surface area (Å²) in [7, 11) is 0. The monoisotopic (exact) mass is 198 g/mol. The van der Waals surface area contributed by atoms with Crippen LogP contribution in [-0.4, -0.2) is 36.0 Å². The zero-order valence-corrected chi connectivity index (χ0v) is 9.55. The van der Waals surface area contributed by atoms with E-state index in [0.717, 1.165) is 19.5 Å². The molecule has 2 unspecified atom stereocenters. The van der Waals surface area contributed by atoms with Crippen molar-refractivity contribution in [1.82, 2.24) is 10.2 Å². The van der Waals surface area contributed by atoms with Crippen LogP contribution in [0.5, 0.6) is 0 Å². The van der Waals surface area contributed by atoms with Crippen molar-refractivity contribution in [3.05, 3.63) is 0 Å². The van der Waals surface area contributed by atoms with E-state index in [-0.39, 0.29) is 11.9 Å². The van der Waals surface area contributed by atoms with Gasteiger partial charge < -0.3 is 10.2 Å². The highest BCUT2D eigenvalue weighted by Crippen LogP contribution is 2.09. The average Bonchev–Trinajstić information content (AvgIpc) is 2.69. The molecule has 1 aliphatic rings. The van der Waals surface area contributed by atoms with Crippen molar-refractivity contribution < 1.29 is 4.79 Å². The first-order chi connectivity index (χ1) is 6.65. The third-order valence-corrected chi connectivity index (χ3v) is 2.94. The molecule has 0 saturated carbocycles. The van der Waals surface area contributed by atoms with E-state index in [4.69, 9.17) is 0 Å². The number of carbonyl (C=O) groups is 1. The number of hydrogen-bond donors (Lipinski definition) is 1. The van der Waals surface area contributed by atoms with E-state index in [2.05, 4.69) is 19.2 Å². The molecule has 0 radical (unpaired) electrons. The zero-order valence-electron chi connectivity index (χ0n) is 9.55. The SMILES string of the molecule is CCC(C)NC(C)C(=O)N1CCCC1. The van der Waals surface area contributed by atoms with Crippen molar-refractivity contribution in [1.29, 1.82) is 0 Å². The molecular weight excluding hydrogens is 176 g/mol. The lowest BCUT2D eigenvalue weighted by Crippen LogP contribution is -2.46. The molecule has 0 aromatic heterocycles. The smallest absolute Gasteiger partial charge is 0.239 e. The second-order valence-corrected chi connectivity index (χ2v) is 4.23. The minimum Gasteiger partial charge on any atom is -0.341 e. The Labute approximate surface area is 86.9 Å². The van der Waals surface area contributed by atoms with E-state index in [1.807, 2.05) is 11.8 Å². The Balaban J connectivity index is 2.35. The highest BCUT2D eigenvalue weighted by atomic mass is 16.2. The van der Waals surface area contributed by atoms with Crippen LogP contribution < -0.4 is 5.32 Å². The summed E-state index contributed by atoms with van der Waals surface area (Å²) in [5.74, 6) is 0.266. The van der Waals surface area contributed by atoms with E-state index in [1.54, 1.807) is 0 Å². The first-order valence-corrected chi connectivity index (χ1v) is 5.70. The Morgan fingerprint density at radius 1 is 1.36 bits per heavy atom. The van der Waals surface area contributed by atoms with Crippen LogP contribution in [0.25, 0.3) is 0 Å². The maximum Gasteiger partial charge on any atom is 0.239 e. The van der Waals surface area contributed by atoms with Crippen LogP contribution in [0.15, 0.2) is 0 Å². The molecule has 14 heavy (non-hydrogen) atoms. The summed E-state index contributed by atoms with van der Waals surface area (Å²) >= 11 is 0. The quantitative estimate of drug-likeness (QED) is 0.740. The third kappa shape index (κ3) is 2.98. The lowest BCUT2D eigenvalue weighted by Gasteiger charge is -2.23. The fraction of sp³-hybridized carbons (Fsp3) is 0.909. The average molecular weight is 198 g/mol. The molecule has 1 amide bonds. The van der Waals surface area contributed by atoms with Crippen LogP contribution in [0.2, 0.25) is 0 Å². The predicted octanol–water partition coefficient (Wildman–Crippen LogP) is 1.39. The van der Waals surface area contributed by atoms with Gasteiger partial charge in [0, 0.05) is 19.1 Å². The number of rotatable bonds is 4. The van der Waals surface area contributed by atoms with Crippen LogP contribution in [0.1, 0.15) is 40.0 Å². The maximum atomic E-state index is 11.9. The van der Waals surface area contributed by atoms with Gasteiger partial charge >= 0.3 is 0 Å². The number of nitrogens with zero attached hydrogens (tertiary/aromatic N) is 1. The highest BCUT2D eigenvalue weighted by molar-refractivity contribution is 5.81. The molecule has 1 aliphatic heterocycles. The summed E-state index contributed by atoms with van der Waals surface area (Å²) in [6.45, 7) is 8.11. The van der Waals surface area contributed by atoms with Gasteiger partial charge in [0.2, 0.25) is 5.91 Å². The Bertz CT molecular complexity index is 188. The first-order valence-electron chi connectivity index (χ1n) is 5.70. The Morgan fingerprint density at radius 3 is 2.43 bits per heavy atom. The Kier molecular flexibility index (Phi) is 4.39. The topological polar surface area (TPSA) is 32.3 Å². The molecule has 0 bridgehead atoms. The van der Waals surface area contributed by atoms with E-state index in [1.165, 1.54) is 12.8 Å². The summed E-state index contributed by atoms with van der Waals surface area (Å²) in [4.78, 5) is 13.8. The second kappa shape index (κ2) is 5.35. The predicted molar refractivity (Wildman–Crippen MR) is 58.2 cm³/mol. The summed E-state index contributed by atoms with van der Waals surface area (Å²) in [6, 6.07) is 0.402. The Hall–Kier alpha value is -0.570. The molecule has 1 rings (SSSR count). The summed E-state index contributed by atoms with van der Waals surface area (Å²) in [5.41, 5.74) is 0. The fourth-order valence-corrected chi connectivity index (χ4v) is 1.83. The highest BCUT2D eigenvalue weighted by Gasteiger charge is 2.23. The minimum atomic E-state index is -0.0250. The molecule has 0 aromatic carbocycles. The number of likely N-dealkylation sites (tertiary alicyclic amines) is 1. The zero-order chi connectivity index (χ0) is 10.6. The molecule has 3 heteroatoms. The number of hydrogen-bond acceptors (Lipinski definition) is 2. The molecule has 1 saturated heterocycles. The van der Waals surface area contributed by atoms with Gasteiger partial charge in [-0.05, 0) is 33.1 Å². The summed E-state index contributed by atoms with van der Waals surface area (Å²) < 4.78 is 0. The van der Waals surface area contributed by atoms with Gasteiger partial charge in [-0.25, -0.2) is 0 Å². The van der Waals surface area contributed by atoms with Gasteiger partial charge in [-0.1, -0.05) is 6.92 Å². The lowest BCUT2D eigenvalue weighted by atomic mass is 10.2. The number of carbonyl (C=O) groups excluding carboxylic acids is 1. The first kappa shape index (κ1) is 11.5. The molecule has 3 nitrogen and oxygen atoms in total. The molecule has 2 atom stereocenters. The van der Waals surface area contributed by atoms with Crippen molar-refractivity contribution in [2.45, 2.75) is 52.1 Å². The van der Waals surface area contributed by atoms with Gasteiger partial charge in [0.25, 0.3) is 0 Å². The molecule has 0 aliphatic carbocycles. The van der Waals surface area contributed by atoms with Gasteiger partial charge in [-0.3, -0.25) is 4.79 Å². The van der Waals surface area contributed by atoms with Crippen LogP contribution in [0.3, 0.4) is 0 Å². The van der Waals surface area contributed by atoms with Crippen molar-refractivity contribution in [3.63, 3.8) is 0 Å². The summed E-state index contributed by atoms with van der Waals surface area (Å²) in [6.07, 6.45) is 3.40. The molecule has 0 spiro atoms. The van der Waals surface area contributed by atoms with Crippen LogP contribution in [0.4, 0.5) is 0 Å². The van der Waals surface area contributed by atoms with E-state index in [9.17, 15) is 4.79 Å². The van der Waals surface area contributed by atoms with Crippen LogP contribution >= 0.6 is 0 Å². The van der Waals surface area contributed by atoms with Gasteiger partial charge in [-0.15, -0.1) is 0 Å². The molecule has 82 valence electrons. The fourth-order valence-electron chi connectivity index (χ4n) is 1.83. The Morgan fingerprint density at radius 2 is 1.93 bits per heavy atom. The third-order valence-electron chi connectivity index (χ3n) is 2.94. The second-order valence-electron chi connectivity index (χ2n) is 4.23. The van der Waals surface area contributed by atoms with E-state index < -0.39 is 0 Å². The van der Waals surface area contributed by atoms with Gasteiger partial charge in [0.1, 0.15) is 0 Å². The van der Waals surface area contributed by atoms with Crippen LogP contribution in [-0.2, 0) is 4.79 Å². The normalized spacial score (nSPS) is 20.9. The van der Waals surface area contributed by atoms with Crippen molar-refractivity contribution in [2.24, 2.45) is 0 Å². The number of amides is 1. The van der Waals surface area contributed by atoms with Gasteiger partial charge in [-0.2, -0.15) is 0 Å².